The summed E-state index contributed by atoms with van der Waals surface area (Å²) in [6.07, 6.45) is 1.59. The summed E-state index contributed by atoms with van der Waals surface area (Å²) in [5, 5.41) is 3.47. The molecule has 28 heavy (non-hydrogen) atoms. The van der Waals surface area contributed by atoms with Gasteiger partial charge in [-0.3, -0.25) is 9.69 Å². The Balaban J connectivity index is 1.84. The van der Waals surface area contributed by atoms with Gasteiger partial charge in [0.05, 0.1) is 20.7 Å². The summed E-state index contributed by atoms with van der Waals surface area (Å²) >= 11 is 14.1. The molecular formula is C19H15Cl2IN2O4. The average Bonchev–Trinajstić information content (AvgIpc) is 2.90. The molecule has 1 heterocycles. The van der Waals surface area contributed by atoms with Gasteiger partial charge in [0.25, 0.3) is 5.91 Å². The topological polar surface area (TPSA) is 67.9 Å². The number of rotatable bonds is 5. The Bertz CT molecular complexity index is 994. The first kappa shape index (κ1) is 20.8. The van der Waals surface area contributed by atoms with Crippen molar-refractivity contribution in [2.24, 2.45) is 0 Å². The first-order valence-corrected chi connectivity index (χ1v) is 9.88. The molecular weight excluding hydrogens is 518 g/mol. The average molecular weight is 533 g/mol. The third-order valence-electron chi connectivity index (χ3n) is 4.01. The number of imide groups is 1. The van der Waals surface area contributed by atoms with Crippen LogP contribution < -0.4 is 14.8 Å². The highest BCUT2D eigenvalue weighted by molar-refractivity contribution is 14.1. The number of nitrogens with one attached hydrogen (secondary N) is 1. The van der Waals surface area contributed by atoms with Gasteiger partial charge < -0.3 is 14.8 Å². The minimum absolute atomic E-state index is 0.204. The molecule has 2 aromatic carbocycles. The zero-order valence-corrected chi connectivity index (χ0v) is 18.6. The van der Waals surface area contributed by atoms with Gasteiger partial charge in [0.1, 0.15) is 12.3 Å². The maximum atomic E-state index is 12.0. The molecule has 1 fully saturated rings. The highest BCUT2D eigenvalue weighted by Crippen LogP contribution is 2.35. The fourth-order valence-electron chi connectivity index (χ4n) is 2.54. The number of amides is 3. The third-order valence-corrected chi connectivity index (χ3v) is 5.55. The van der Waals surface area contributed by atoms with Crippen LogP contribution in [0.1, 0.15) is 11.1 Å². The van der Waals surface area contributed by atoms with E-state index in [-0.39, 0.29) is 18.2 Å². The minimum atomic E-state index is -0.459. The number of methoxy groups -OCH3 is 1. The summed E-state index contributed by atoms with van der Waals surface area (Å²) in [5.74, 6) is 0.679. The van der Waals surface area contributed by atoms with Gasteiger partial charge in [-0.1, -0.05) is 29.3 Å². The van der Waals surface area contributed by atoms with Crippen LogP contribution >= 0.6 is 45.8 Å². The van der Waals surface area contributed by atoms with Crippen molar-refractivity contribution in [1.29, 1.82) is 0 Å². The lowest BCUT2D eigenvalue weighted by Crippen LogP contribution is -2.25. The molecule has 1 aliphatic heterocycles. The van der Waals surface area contributed by atoms with Crippen molar-refractivity contribution in [2.45, 2.75) is 6.61 Å². The number of benzene rings is 2. The Morgan fingerprint density at radius 3 is 2.54 bits per heavy atom. The number of hydrogen-bond acceptors (Lipinski definition) is 4. The fourth-order valence-corrected chi connectivity index (χ4v) is 3.64. The molecule has 1 saturated heterocycles. The molecule has 0 radical (unpaired) electrons. The lowest BCUT2D eigenvalue weighted by Gasteiger charge is -2.14. The lowest BCUT2D eigenvalue weighted by atomic mass is 10.1. The van der Waals surface area contributed by atoms with Crippen LogP contribution in [-0.4, -0.2) is 31.0 Å². The number of urea groups is 1. The van der Waals surface area contributed by atoms with Gasteiger partial charge in [0, 0.05) is 7.05 Å². The molecule has 1 aliphatic rings. The van der Waals surface area contributed by atoms with Crippen molar-refractivity contribution in [3.05, 3.63) is 60.8 Å². The predicted molar refractivity (Wildman–Crippen MR) is 116 cm³/mol. The first-order chi connectivity index (χ1) is 13.3. The second kappa shape index (κ2) is 8.59. The number of nitrogens with zero attached hydrogens (tertiary/aromatic N) is 1. The lowest BCUT2D eigenvalue weighted by molar-refractivity contribution is -0.121. The molecule has 2 aromatic rings. The van der Waals surface area contributed by atoms with Crippen molar-refractivity contribution >= 4 is 63.8 Å². The third kappa shape index (κ3) is 4.37. The van der Waals surface area contributed by atoms with Crippen LogP contribution in [0.2, 0.25) is 10.0 Å². The molecule has 0 aromatic heterocycles. The molecule has 1 N–H and O–H groups in total. The maximum Gasteiger partial charge on any atom is 0.328 e. The maximum absolute atomic E-state index is 12.0. The van der Waals surface area contributed by atoms with E-state index >= 15 is 0 Å². The summed E-state index contributed by atoms with van der Waals surface area (Å²) in [5.41, 5.74) is 1.76. The Labute approximate surface area is 185 Å². The van der Waals surface area contributed by atoms with Gasteiger partial charge in [0.2, 0.25) is 0 Å². The quantitative estimate of drug-likeness (QED) is 0.344. The molecule has 9 heteroatoms. The SMILES string of the molecule is COc1cc(/C=C2/NC(=O)N(C)C2=O)cc(I)c1OCc1ccc(Cl)c(Cl)c1. The van der Waals surface area contributed by atoms with Gasteiger partial charge in [-0.25, -0.2) is 4.79 Å². The largest absolute Gasteiger partial charge is 0.493 e. The van der Waals surface area contributed by atoms with E-state index in [0.717, 1.165) is 14.0 Å². The Morgan fingerprint density at radius 1 is 1.18 bits per heavy atom. The standard InChI is InChI=1S/C19H15Cl2IN2O4/c1-24-18(25)15(23-19(24)26)7-11-6-14(22)17(16(8-11)27-2)28-9-10-3-4-12(20)13(21)5-10/h3-8H,9H2,1-2H3,(H,23,26)/b15-7+. The van der Waals surface area contributed by atoms with Crippen LogP contribution in [-0.2, 0) is 11.4 Å². The zero-order valence-electron chi connectivity index (χ0n) is 14.9. The van der Waals surface area contributed by atoms with Crippen molar-refractivity contribution in [3.8, 4) is 11.5 Å². The van der Waals surface area contributed by atoms with Crippen molar-refractivity contribution in [3.63, 3.8) is 0 Å². The minimum Gasteiger partial charge on any atom is -0.493 e. The number of likely N-dealkylation sites (N-methyl/N-ethyl adjacent to an activating group) is 1. The van der Waals surface area contributed by atoms with Crippen LogP contribution in [0, 0.1) is 3.57 Å². The van der Waals surface area contributed by atoms with Crippen LogP contribution in [0.4, 0.5) is 4.79 Å². The predicted octanol–water partition coefficient (Wildman–Crippen LogP) is 4.71. The molecule has 0 spiro atoms. The molecule has 3 amide bonds. The van der Waals surface area contributed by atoms with Gasteiger partial charge in [-0.05, 0) is 64.1 Å². The van der Waals surface area contributed by atoms with E-state index in [9.17, 15) is 9.59 Å². The van der Waals surface area contributed by atoms with Crippen LogP contribution in [0.25, 0.3) is 6.08 Å². The van der Waals surface area contributed by atoms with E-state index in [2.05, 4.69) is 27.9 Å². The number of carbonyl (C=O) groups excluding carboxylic acids is 2. The molecule has 6 nitrogen and oxygen atoms in total. The Kier molecular flexibility index (Phi) is 6.36. The fraction of sp³-hybridized carbons (Fsp3) is 0.158. The first-order valence-electron chi connectivity index (χ1n) is 8.05. The Morgan fingerprint density at radius 2 is 1.93 bits per heavy atom. The molecule has 0 atom stereocenters. The molecule has 0 bridgehead atoms. The van der Waals surface area contributed by atoms with E-state index in [1.54, 1.807) is 24.3 Å². The van der Waals surface area contributed by atoms with Gasteiger partial charge >= 0.3 is 6.03 Å². The molecule has 0 saturated carbocycles. The smallest absolute Gasteiger partial charge is 0.328 e. The number of ether oxygens (including phenoxy) is 2. The van der Waals surface area contributed by atoms with Crippen molar-refractivity contribution in [2.75, 3.05) is 14.2 Å². The van der Waals surface area contributed by atoms with E-state index < -0.39 is 6.03 Å². The summed E-state index contributed by atoms with van der Waals surface area (Å²) in [7, 11) is 2.95. The zero-order chi connectivity index (χ0) is 20.4. The van der Waals surface area contributed by atoms with E-state index in [1.807, 2.05) is 12.1 Å². The van der Waals surface area contributed by atoms with Gasteiger partial charge in [-0.15, -0.1) is 0 Å². The summed E-state index contributed by atoms with van der Waals surface area (Å²) in [4.78, 5) is 24.6. The van der Waals surface area contributed by atoms with E-state index in [4.69, 9.17) is 32.7 Å². The van der Waals surface area contributed by atoms with Crippen LogP contribution in [0.5, 0.6) is 11.5 Å². The van der Waals surface area contributed by atoms with Crippen molar-refractivity contribution < 1.29 is 19.1 Å². The van der Waals surface area contributed by atoms with Crippen LogP contribution in [0.3, 0.4) is 0 Å². The number of halogens is 3. The molecule has 0 aliphatic carbocycles. The number of carbonyl (C=O) groups is 2. The Hall–Kier alpha value is -1.97. The van der Waals surface area contributed by atoms with Gasteiger partial charge in [-0.2, -0.15) is 0 Å². The highest BCUT2D eigenvalue weighted by Gasteiger charge is 2.30. The normalized spacial score (nSPS) is 15.2. The molecule has 146 valence electrons. The summed E-state index contributed by atoms with van der Waals surface area (Å²) in [6, 6.07) is 8.39. The second-order valence-electron chi connectivity index (χ2n) is 5.92. The van der Waals surface area contributed by atoms with E-state index in [1.165, 1.54) is 14.2 Å². The highest BCUT2D eigenvalue weighted by atomic mass is 127. The molecule has 0 unspecified atom stereocenters. The van der Waals surface area contributed by atoms with Crippen LogP contribution in [0.15, 0.2) is 36.0 Å². The monoisotopic (exact) mass is 532 g/mol. The summed E-state index contributed by atoms with van der Waals surface area (Å²) in [6.45, 7) is 0.281. The van der Waals surface area contributed by atoms with E-state index in [0.29, 0.717) is 27.1 Å². The second-order valence-corrected chi connectivity index (χ2v) is 7.90. The van der Waals surface area contributed by atoms with Gasteiger partial charge in [0.15, 0.2) is 11.5 Å². The molecule has 3 rings (SSSR count). The van der Waals surface area contributed by atoms with Crippen molar-refractivity contribution in [1.82, 2.24) is 10.2 Å². The number of hydrogen-bond donors (Lipinski definition) is 1. The summed E-state index contributed by atoms with van der Waals surface area (Å²) < 4.78 is 12.1.